The Morgan fingerprint density at radius 3 is 2.79 bits per heavy atom. The first-order chi connectivity index (χ1) is 13.4. The summed E-state index contributed by atoms with van der Waals surface area (Å²) in [5.74, 6) is 1.47. The summed E-state index contributed by atoms with van der Waals surface area (Å²) in [5.41, 5.74) is 9.05. The van der Waals surface area contributed by atoms with E-state index in [9.17, 15) is 4.79 Å². The number of imidazole rings is 1. The van der Waals surface area contributed by atoms with Crippen molar-refractivity contribution in [3.8, 4) is 5.75 Å². The normalized spacial score (nSPS) is 11.2. The van der Waals surface area contributed by atoms with Gasteiger partial charge in [-0.05, 0) is 23.6 Å². The average molecular weight is 383 g/mol. The maximum Gasteiger partial charge on any atom is 0.179 e. The fraction of sp³-hybridized carbons (Fsp3) is 0.350. The fourth-order valence-corrected chi connectivity index (χ4v) is 2.79. The molecule has 0 amide bonds. The SMILES string of the molecule is COc1ccc(COCC(C)C)cc1Nc1cc(N)c2ncc(C(C)=O)n2n1. The summed E-state index contributed by atoms with van der Waals surface area (Å²) in [5, 5.41) is 7.68. The second-order valence-corrected chi connectivity index (χ2v) is 6.99. The maximum absolute atomic E-state index is 11.8. The molecule has 8 nitrogen and oxygen atoms in total. The monoisotopic (exact) mass is 383 g/mol. The molecule has 0 bridgehead atoms. The second kappa shape index (κ2) is 8.26. The van der Waals surface area contributed by atoms with Crippen molar-refractivity contribution in [3.05, 3.63) is 41.7 Å². The number of ketones is 1. The number of nitrogens with one attached hydrogen (secondary N) is 1. The quantitative estimate of drug-likeness (QED) is 0.574. The van der Waals surface area contributed by atoms with Crippen LogP contribution in [0.25, 0.3) is 5.65 Å². The van der Waals surface area contributed by atoms with Gasteiger partial charge in [0.1, 0.15) is 11.4 Å². The van der Waals surface area contributed by atoms with Gasteiger partial charge in [-0.1, -0.05) is 19.9 Å². The van der Waals surface area contributed by atoms with Gasteiger partial charge in [0.05, 0.1) is 31.3 Å². The van der Waals surface area contributed by atoms with Crippen LogP contribution in [0.5, 0.6) is 5.75 Å². The molecule has 1 aromatic carbocycles. The zero-order chi connectivity index (χ0) is 20.3. The number of anilines is 3. The molecule has 2 aromatic heterocycles. The lowest BCUT2D eigenvalue weighted by Crippen LogP contribution is -2.07. The van der Waals surface area contributed by atoms with E-state index in [0.717, 1.165) is 11.3 Å². The van der Waals surface area contributed by atoms with Gasteiger partial charge in [0.25, 0.3) is 0 Å². The van der Waals surface area contributed by atoms with E-state index >= 15 is 0 Å². The third-order valence-corrected chi connectivity index (χ3v) is 4.10. The minimum atomic E-state index is -0.140. The molecule has 3 aromatic rings. The first kappa shape index (κ1) is 19.6. The zero-order valence-corrected chi connectivity index (χ0v) is 16.5. The average Bonchev–Trinajstić information content (AvgIpc) is 3.06. The number of aromatic nitrogens is 3. The predicted octanol–water partition coefficient (Wildman–Crippen LogP) is 3.44. The van der Waals surface area contributed by atoms with Crippen LogP contribution in [0.3, 0.4) is 0 Å². The molecule has 148 valence electrons. The van der Waals surface area contributed by atoms with E-state index in [2.05, 4.69) is 29.2 Å². The van der Waals surface area contributed by atoms with E-state index in [0.29, 0.717) is 47.7 Å². The van der Waals surface area contributed by atoms with E-state index < -0.39 is 0 Å². The van der Waals surface area contributed by atoms with Crippen LogP contribution in [0, 0.1) is 5.92 Å². The largest absolute Gasteiger partial charge is 0.495 e. The number of carbonyl (C=O) groups excluding carboxylic acids is 1. The van der Waals surface area contributed by atoms with E-state index in [1.807, 2.05) is 18.2 Å². The van der Waals surface area contributed by atoms with Gasteiger partial charge in [0.2, 0.25) is 0 Å². The highest BCUT2D eigenvalue weighted by atomic mass is 16.5. The fourth-order valence-electron chi connectivity index (χ4n) is 2.79. The lowest BCUT2D eigenvalue weighted by molar-refractivity contribution is 0.0971. The number of fused-ring (bicyclic) bond motifs is 1. The Kier molecular flexibility index (Phi) is 5.79. The van der Waals surface area contributed by atoms with Crippen molar-refractivity contribution >= 4 is 28.6 Å². The Labute approximate surface area is 163 Å². The molecule has 0 aliphatic carbocycles. The smallest absolute Gasteiger partial charge is 0.179 e. The number of hydrogen-bond acceptors (Lipinski definition) is 7. The molecule has 0 saturated heterocycles. The molecule has 8 heteroatoms. The van der Waals surface area contributed by atoms with Crippen LogP contribution in [-0.2, 0) is 11.3 Å². The number of nitrogen functional groups attached to an aromatic ring is 1. The third-order valence-electron chi connectivity index (χ3n) is 4.10. The molecule has 28 heavy (non-hydrogen) atoms. The number of nitrogens with zero attached hydrogens (tertiary/aromatic N) is 3. The molecular weight excluding hydrogens is 358 g/mol. The summed E-state index contributed by atoms with van der Waals surface area (Å²) >= 11 is 0. The van der Waals surface area contributed by atoms with Crippen molar-refractivity contribution < 1.29 is 14.3 Å². The van der Waals surface area contributed by atoms with E-state index in [4.69, 9.17) is 15.2 Å². The third kappa shape index (κ3) is 4.23. The van der Waals surface area contributed by atoms with Gasteiger partial charge in [-0.3, -0.25) is 4.79 Å². The number of rotatable bonds is 8. The Morgan fingerprint density at radius 2 is 2.11 bits per heavy atom. The molecule has 0 atom stereocenters. The van der Waals surface area contributed by atoms with Crippen LogP contribution in [0.15, 0.2) is 30.5 Å². The van der Waals surface area contributed by atoms with Gasteiger partial charge in [0, 0.05) is 19.6 Å². The standard InChI is InChI=1S/C20H25N5O3/c1-12(2)10-28-11-14-5-6-18(27-4)16(7-14)23-19-8-15(21)20-22-9-17(13(3)26)25(20)24-19/h5-9,12H,10-11,21H2,1-4H3,(H,23,24). The van der Waals surface area contributed by atoms with Crippen LogP contribution in [0.2, 0.25) is 0 Å². The minimum Gasteiger partial charge on any atom is -0.495 e. The van der Waals surface area contributed by atoms with Crippen molar-refractivity contribution in [1.82, 2.24) is 14.6 Å². The van der Waals surface area contributed by atoms with Gasteiger partial charge < -0.3 is 20.5 Å². The zero-order valence-electron chi connectivity index (χ0n) is 16.5. The summed E-state index contributed by atoms with van der Waals surface area (Å²) in [4.78, 5) is 16.0. The molecule has 2 heterocycles. The van der Waals surface area contributed by atoms with Gasteiger partial charge in [-0.25, -0.2) is 9.50 Å². The molecule has 0 aliphatic rings. The number of carbonyl (C=O) groups is 1. The van der Waals surface area contributed by atoms with Gasteiger partial charge >= 0.3 is 0 Å². The Morgan fingerprint density at radius 1 is 1.32 bits per heavy atom. The van der Waals surface area contributed by atoms with Crippen molar-refractivity contribution in [2.24, 2.45) is 5.92 Å². The highest BCUT2D eigenvalue weighted by Gasteiger charge is 2.14. The van der Waals surface area contributed by atoms with Crippen LogP contribution in [-0.4, -0.2) is 34.1 Å². The van der Waals surface area contributed by atoms with Gasteiger partial charge in [-0.2, -0.15) is 0 Å². The lowest BCUT2D eigenvalue weighted by atomic mass is 10.2. The van der Waals surface area contributed by atoms with Gasteiger partial charge in [-0.15, -0.1) is 5.10 Å². The number of hydrogen-bond donors (Lipinski definition) is 2. The summed E-state index contributed by atoms with van der Waals surface area (Å²) in [6.45, 7) is 6.88. The number of nitrogens with two attached hydrogens (primary N) is 1. The highest BCUT2D eigenvalue weighted by Crippen LogP contribution is 2.29. The van der Waals surface area contributed by atoms with Gasteiger partial charge in [0.15, 0.2) is 17.2 Å². The van der Waals surface area contributed by atoms with E-state index in [-0.39, 0.29) is 5.78 Å². The summed E-state index contributed by atoms with van der Waals surface area (Å²) in [7, 11) is 1.60. The number of methoxy groups -OCH3 is 1. The molecule has 0 aliphatic heterocycles. The van der Waals surface area contributed by atoms with Crippen molar-refractivity contribution in [2.75, 3.05) is 24.8 Å². The minimum absolute atomic E-state index is 0.140. The van der Waals surface area contributed by atoms with Crippen molar-refractivity contribution in [1.29, 1.82) is 0 Å². The molecule has 0 spiro atoms. The van der Waals surface area contributed by atoms with Crippen LogP contribution in [0.1, 0.15) is 36.8 Å². The molecule has 0 fully saturated rings. The molecule has 0 saturated carbocycles. The lowest BCUT2D eigenvalue weighted by Gasteiger charge is -2.14. The Bertz CT molecular complexity index is 997. The topological polar surface area (TPSA) is 104 Å². The number of ether oxygens (including phenoxy) is 2. The predicted molar refractivity (Wildman–Crippen MR) is 108 cm³/mol. The Hall–Kier alpha value is -3.13. The molecule has 0 radical (unpaired) electrons. The van der Waals surface area contributed by atoms with Crippen molar-refractivity contribution in [2.45, 2.75) is 27.4 Å². The summed E-state index contributed by atoms with van der Waals surface area (Å²) in [6.07, 6.45) is 1.47. The maximum atomic E-state index is 11.8. The number of Topliss-reactive ketones (excluding diaryl/α,β-unsaturated/α-hetero) is 1. The summed E-state index contributed by atoms with van der Waals surface area (Å²) in [6, 6.07) is 7.45. The van der Waals surface area contributed by atoms with E-state index in [1.165, 1.54) is 17.6 Å². The van der Waals surface area contributed by atoms with Crippen LogP contribution >= 0.6 is 0 Å². The highest BCUT2D eigenvalue weighted by molar-refractivity contribution is 5.93. The number of benzene rings is 1. The van der Waals surface area contributed by atoms with Crippen LogP contribution < -0.4 is 15.8 Å². The molecule has 0 unspecified atom stereocenters. The summed E-state index contributed by atoms with van der Waals surface area (Å²) < 4.78 is 12.6. The first-order valence-corrected chi connectivity index (χ1v) is 9.06. The molecule has 3 rings (SSSR count). The molecular formula is C20H25N5O3. The van der Waals surface area contributed by atoms with Crippen molar-refractivity contribution in [3.63, 3.8) is 0 Å². The van der Waals surface area contributed by atoms with E-state index in [1.54, 1.807) is 13.2 Å². The second-order valence-electron chi connectivity index (χ2n) is 6.99. The molecule has 3 N–H and O–H groups in total. The van der Waals surface area contributed by atoms with Crippen LogP contribution in [0.4, 0.5) is 17.2 Å². The first-order valence-electron chi connectivity index (χ1n) is 9.06. The Balaban J connectivity index is 1.91.